The average Bonchev–Trinajstić information content (AvgIpc) is 3.00. The van der Waals surface area contributed by atoms with Crippen LogP contribution in [0.5, 0.6) is 0 Å². The van der Waals surface area contributed by atoms with Gasteiger partial charge in [-0.1, -0.05) is 6.58 Å². The van der Waals surface area contributed by atoms with Gasteiger partial charge in [0.15, 0.2) is 5.54 Å². The Kier molecular flexibility index (Phi) is 3.92. The first-order valence-electron chi connectivity index (χ1n) is 6.64. The van der Waals surface area contributed by atoms with Crippen LogP contribution in [0.2, 0.25) is 0 Å². The smallest absolute Gasteiger partial charge is 0.251 e. The van der Waals surface area contributed by atoms with Crippen molar-refractivity contribution in [3.05, 3.63) is 31.1 Å². The van der Waals surface area contributed by atoms with Crippen LogP contribution in [0.4, 0.5) is 0 Å². The van der Waals surface area contributed by atoms with Gasteiger partial charge < -0.3 is 9.80 Å². The van der Waals surface area contributed by atoms with Crippen molar-refractivity contribution in [2.75, 3.05) is 27.2 Å². The molecule has 1 atom stereocenters. The highest BCUT2D eigenvalue weighted by Crippen LogP contribution is 2.30. The summed E-state index contributed by atoms with van der Waals surface area (Å²) in [7, 11) is 3.45. The van der Waals surface area contributed by atoms with Gasteiger partial charge in [0.05, 0.1) is 6.54 Å². The Morgan fingerprint density at radius 1 is 1.45 bits per heavy atom. The van der Waals surface area contributed by atoms with Gasteiger partial charge in [-0.2, -0.15) is 5.10 Å². The molecule has 1 aliphatic heterocycles. The second-order valence-electron chi connectivity index (χ2n) is 5.25. The predicted octanol–water partition coefficient (Wildman–Crippen LogP) is 0.475. The van der Waals surface area contributed by atoms with Gasteiger partial charge in [0.25, 0.3) is 5.91 Å². The van der Waals surface area contributed by atoms with Crippen LogP contribution in [-0.4, -0.2) is 58.6 Å². The SMILES string of the molecule is C=CC(=O)N1CCCC(C(=O)N(C)C)(n2cccn2)C1. The van der Waals surface area contributed by atoms with E-state index < -0.39 is 5.54 Å². The van der Waals surface area contributed by atoms with E-state index in [0.29, 0.717) is 19.5 Å². The lowest BCUT2D eigenvalue weighted by atomic mass is 9.87. The molecular formula is C14H20N4O2. The van der Waals surface area contributed by atoms with Gasteiger partial charge in [0.2, 0.25) is 5.91 Å². The third kappa shape index (κ3) is 2.33. The lowest BCUT2D eigenvalue weighted by molar-refractivity contribution is -0.145. The van der Waals surface area contributed by atoms with Crippen LogP contribution in [0.25, 0.3) is 0 Å². The number of likely N-dealkylation sites (tertiary alicyclic amines) is 1. The molecule has 1 aliphatic rings. The molecule has 6 nitrogen and oxygen atoms in total. The third-order valence-corrected chi connectivity index (χ3v) is 3.70. The van der Waals surface area contributed by atoms with E-state index in [1.54, 1.807) is 47.0 Å². The molecule has 1 aromatic heterocycles. The number of aromatic nitrogens is 2. The Morgan fingerprint density at radius 2 is 2.20 bits per heavy atom. The molecule has 6 heteroatoms. The summed E-state index contributed by atoms with van der Waals surface area (Å²) in [4.78, 5) is 27.8. The van der Waals surface area contributed by atoms with Gasteiger partial charge in [-0.3, -0.25) is 14.3 Å². The molecule has 1 aromatic rings. The Bertz CT molecular complexity index is 509. The molecule has 0 radical (unpaired) electrons. The Labute approximate surface area is 118 Å². The summed E-state index contributed by atoms with van der Waals surface area (Å²) in [5.74, 6) is -0.185. The summed E-state index contributed by atoms with van der Waals surface area (Å²) in [6.07, 6.45) is 6.16. The Morgan fingerprint density at radius 3 is 2.75 bits per heavy atom. The molecule has 1 saturated heterocycles. The van der Waals surface area contributed by atoms with Crippen molar-refractivity contribution >= 4 is 11.8 Å². The summed E-state index contributed by atoms with van der Waals surface area (Å²) in [5, 5.41) is 4.24. The fourth-order valence-corrected chi connectivity index (χ4v) is 2.75. The maximum atomic E-state index is 12.7. The van der Waals surface area contributed by atoms with Gasteiger partial charge in [0, 0.05) is 33.0 Å². The zero-order valence-electron chi connectivity index (χ0n) is 12.0. The van der Waals surface area contributed by atoms with Crippen LogP contribution in [0.3, 0.4) is 0 Å². The average molecular weight is 276 g/mol. The summed E-state index contributed by atoms with van der Waals surface area (Å²) < 4.78 is 1.68. The molecule has 2 rings (SSSR count). The first-order chi connectivity index (χ1) is 9.51. The van der Waals surface area contributed by atoms with Gasteiger partial charge >= 0.3 is 0 Å². The molecule has 0 bridgehead atoms. The van der Waals surface area contributed by atoms with Crippen molar-refractivity contribution in [3.8, 4) is 0 Å². The minimum absolute atomic E-state index is 0.0391. The van der Waals surface area contributed by atoms with E-state index >= 15 is 0 Å². The molecule has 1 unspecified atom stereocenters. The van der Waals surface area contributed by atoms with E-state index in [1.807, 2.05) is 0 Å². The Hall–Kier alpha value is -2.11. The molecule has 0 N–H and O–H groups in total. The fourth-order valence-electron chi connectivity index (χ4n) is 2.75. The van der Waals surface area contributed by atoms with Gasteiger partial charge in [0.1, 0.15) is 0 Å². The number of hydrogen-bond donors (Lipinski definition) is 0. The van der Waals surface area contributed by atoms with E-state index in [1.165, 1.54) is 6.08 Å². The monoisotopic (exact) mass is 276 g/mol. The number of likely N-dealkylation sites (N-methyl/N-ethyl adjacent to an activating group) is 1. The van der Waals surface area contributed by atoms with Crippen LogP contribution in [0.1, 0.15) is 12.8 Å². The largest absolute Gasteiger partial charge is 0.347 e. The molecule has 0 aliphatic carbocycles. The number of rotatable bonds is 3. The zero-order valence-corrected chi connectivity index (χ0v) is 12.0. The van der Waals surface area contributed by atoms with Gasteiger partial charge in [-0.25, -0.2) is 0 Å². The third-order valence-electron chi connectivity index (χ3n) is 3.70. The molecule has 0 spiro atoms. The Balaban J connectivity index is 2.40. The standard InChI is InChI=1S/C14H20N4O2/c1-4-12(19)17-9-5-7-14(11-17,13(20)16(2)3)18-10-6-8-15-18/h4,6,8,10H,1,5,7,9,11H2,2-3H3. The highest BCUT2D eigenvalue weighted by atomic mass is 16.2. The van der Waals surface area contributed by atoms with Crippen LogP contribution >= 0.6 is 0 Å². The first-order valence-corrected chi connectivity index (χ1v) is 6.64. The van der Waals surface area contributed by atoms with Crippen LogP contribution < -0.4 is 0 Å². The summed E-state index contributed by atoms with van der Waals surface area (Å²) in [6, 6.07) is 1.79. The second-order valence-corrected chi connectivity index (χ2v) is 5.25. The van der Waals surface area contributed by atoms with E-state index in [4.69, 9.17) is 0 Å². The zero-order chi connectivity index (χ0) is 14.8. The van der Waals surface area contributed by atoms with E-state index in [0.717, 1.165) is 6.42 Å². The molecule has 2 heterocycles. The van der Waals surface area contributed by atoms with Crippen LogP contribution in [0, 0.1) is 0 Å². The minimum Gasteiger partial charge on any atom is -0.347 e. The number of piperidine rings is 1. The van der Waals surface area contributed by atoms with E-state index in [2.05, 4.69) is 11.7 Å². The van der Waals surface area contributed by atoms with Crippen molar-refractivity contribution in [2.45, 2.75) is 18.4 Å². The molecule has 0 aromatic carbocycles. The topological polar surface area (TPSA) is 58.4 Å². The molecule has 108 valence electrons. The van der Waals surface area contributed by atoms with Crippen LogP contribution in [0.15, 0.2) is 31.1 Å². The molecule has 0 saturated carbocycles. The summed E-state index contributed by atoms with van der Waals surface area (Å²) in [6.45, 7) is 4.49. The van der Waals surface area contributed by atoms with Crippen molar-refractivity contribution in [3.63, 3.8) is 0 Å². The number of amides is 2. The normalized spacial score (nSPS) is 22.4. The lowest BCUT2D eigenvalue weighted by Gasteiger charge is -2.42. The minimum atomic E-state index is -0.816. The predicted molar refractivity (Wildman–Crippen MR) is 74.9 cm³/mol. The number of nitrogens with zero attached hydrogens (tertiary/aromatic N) is 4. The summed E-state index contributed by atoms with van der Waals surface area (Å²) >= 11 is 0. The second kappa shape index (κ2) is 5.48. The van der Waals surface area contributed by atoms with Crippen LogP contribution in [-0.2, 0) is 15.1 Å². The lowest BCUT2D eigenvalue weighted by Crippen LogP contribution is -2.59. The molecule has 20 heavy (non-hydrogen) atoms. The highest BCUT2D eigenvalue weighted by molar-refractivity contribution is 5.89. The molecular weight excluding hydrogens is 256 g/mol. The van der Waals surface area contributed by atoms with Gasteiger partial charge in [-0.05, 0) is 25.0 Å². The number of carbonyl (C=O) groups excluding carboxylic acids is 2. The fraction of sp³-hybridized carbons (Fsp3) is 0.500. The first kappa shape index (κ1) is 14.3. The van der Waals surface area contributed by atoms with Gasteiger partial charge in [-0.15, -0.1) is 0 Å². The summed E-state index contributed by atoms with van der Waals surface area (Å²) in [5.41, 5.74) is -0.816. The maximum absolute atomic E-state index is 12.7. The van der Waals surface area contributed by atoms with E-state index in [-0.39, 0.29) is 11.8 Å². The van der Waals surface area contributed by atoms with Crippen molar-refractivity contribution < 1.29 is 9.59 Å². The van der Waals surface area contributed by atoms with Crippen molar-refractivity contribution in [1.82, 2.24) is 19.6 Å². The number of carbonyl (C=O) groups is 2. The van der Waals surface area contributed by atoms with E-state index in [9.17, 15) is 9.59 Å². The van der Waals surface area contributed by atoms with Crippen molar-refractivity contribution in [1.29, 1.82) is 0 Å². The maximum Gasteiger partial charge on any atom is 0.251 e. The quantitative estimate of drug-likeness (QED) is 0.754. The highest BCUT2D eigenvalue weighted by Gasteiger charge is 2.46. The molecule has 2 amide bonds. The number of hydrogen-bond acceptors (Lipinski definition) is 3. The molecule has 1 fully saturated rings. The van der Waals surface area contributed by atoms with Crippen molar-refractivity contribution in [2.24, 2.45) is 0 Å².